The quantitative estimate of drug-likeness (QED) is 0.699. The first-order valence-corrected chi connectivity index (χ1v) is 6.72. The Labute approximate surface area is 103 Å². The summed E-state index contributed by atoms with van der Waals surface area (Å²) in [5, 5.41) is 10.4. The van der Waals surface area contributed by atoms with Gasteiger partial charge in [-0.2, -0.15) is 0 Å². The van der Waals surface area contributed by atoms with Crippen LogP contribution >= 0.6 is 0 Å². The van der Waals surface area contributed by atoms with E-state index >= 15 is 0 Å². The molecule has 0 heterocycles. The van der Waals surface area contributed by atoms with Gasteiger partial charge in [-0.25, -0.2) is 0 Å². The summed E-state index contributed by atoms with van der Waals surface area (Å²) in [6.45, 7) is 8.68. The monoisotopic (exact) mass is 234 g/mol. The van der Waals surface area contributed by atoms with Gasteiger partial charge in [-0.05, 0) is 35.7 Å². The Morgan fingerprint density at radius 1 is 1.24 bits per heavy atom. The van der Waals surface area contributed by atoms with Crippen molar-refractivity contribution in [2.75, 3.05) is 0 Å². The van der Waals surface area contributed by atoms with Crippen molar-refractivity contribution in [3.63, 3.8) is 0 Å². The number of hydrogen-bond donors (Lipinski definition) is 1. The molecule has 1 N–H and O–H groups in total. The normalized spacial score (nSPS) is 55.1. The summed E-state index contributed by atoms with van der Waals surface area (Å²) in [5.41, 5.74) is -0.261. The van der Waals surface area contributed by atoms with Crippen molar-refractivity contribution in [1.29, 1.82) is 0 Å². The number of hydrogen-bond acceptors (Lipinski definition) is 2. The van der Waals surface area contributed by atoms with E-state index in [-0.39, 0.29) is 28.6 Å². The van der Waals surface area contributed by atoms with E-state index in [0.29, 0.717) is 17.8 Å². The van der Waals surface area contributed by atoms with Gasteiger partial charge in [-0.3, -0.25) is 4.79 Å². The van der Waals surface area contributed by atoms with Crippen LogP contribution in [0.25, 0.3) is 0 Å². The molecule has 6 atom stereocenters. The molecule has 4 aliphatic carbocycles. The van der Waals surface area contributed by atoms with Crippen LogP contribution in [0.4, 0.5) is 0 Å². The Balaban J connectivity index is 2.14. The highest BCUT2D eigenvalue weighted by Gasteiger charge is 2.71. The highest BCUT2D eigenvalue weighted by molar-refractivity contribution is 5.97. The van der Waals surface area contributed by atoms with Gasteiger partial charge in [0.05, 0.1) is 6.10 Å². The summed E-state index contributed by atoms with van der Waals surface area (Å²) in [6, 6.07) is 0. The van der Waals surface area contributed by atoms with E-state index < -0.39 is 0 Å². The molecular weight excluding hydrogens is 212 g/mol. The molecule has 0 amide bonds. The summed E-state index contributed by atoms with van der Waals surface area (Å²) < 4.78 is 0. The molecule has 3 saturated carbocycles. The lowest BCUT2D eigenvalue weighted by Crippen LogP contribution is -2.70. The summed E-state index contributed by atoms with van der Waals surface area (Å²) in [5.74, 6) is 1.77. The maximum atomic E-state index is 12.4. The third kappa shape index (κ3) is 1.13. The first-order chi connectivity index (χ1) is 7.80. The zero-order chi connectivity index (χ0) is 12.6. The number of allylic oxidation sites excluding steroid dienone is 2. The number of carbonyl (C=O) groups is 1. The van der Waals surface area contributed by atoms with E-state index in [9.17, 15) is 9.90 Å². The van der Waals surface area contributed by atoms with E-state index in [1.165, 1.54) is 0 Å². The highest BCUT2D eigenvalue weighted by atomic mass is 16.3. The number of ketones is 1. The summed E-state index contributed by atoms with van der Waals surface area (Å²) >= 11 is 0. The number of carbonyl (C=O) groups excluding carboxylic acids is 1. The molecule has 0 aromatic heterocycles. The molecule has 0 spiro atoms. The topological polar surface area (TPSA) is 37.3 Å². The van der Waals surface area contributed by atoms with Crippen molar-refractivity contribution < 1.29 is 9.90 Å². The molecule has 2 heteroatoms. The Morgan fingerprint density at radius 2 is 1.88 bits per heavy atom. The van der Waals surface area contributed by atoms with Crippen LogP contribution in [0.5, 0.6) is 0 Å². The van der Waals surface area contributed by atoms with E-state index in [4.69, 9.17) is 0 Å². The second kappa shape index (κ2) is 3.03. The third-order valence-corrected chi connectivity index (χ3v) is 5.85. The molecule has 17 heavy (non-hydrogen) atoms. The second-order valence-electron chi connectivity index (χ2n) is 7.16. The van der Waals surface area contributed by atoms with Gasteiger partial charge in [0.2, 0.25) is 0 Å². The molecule has 0 unspecified atom stereocenters. The largest absolute Gasteiger partial charge is 0.393 e. The van der Waals surface area contributed by atoms with Crippen LogP contribution in [-0.4, -0.2) is 17.0 Å². The summed E-state index contributed by atoms with van der Waals surface area (Å²) in [7, 11) is 0. The molecule has 94 valence electrons. The van der Waals surface area contributed by atoms with Crippen LogP contribution in [0.15, 0.2) is 12.2 Å². The van der Waals surface area contributed by atoms with Gasteiger partial charge in [0, 0.05) is 11.3 Å². The van der Waals surface area contributed by atoms with E-state index in [0.717, 1.165) is 6.42 Å². The molecule has 0 aromatic rings. The maximum Gasteiger partial charge on any atom is 0.161 e. The molecular formula is C15H22O2. The van der Waals surface area contributed by atoms with Crippen LogP contribution in [-0.2, 0) is 4.79 Å². The lowest BCUT2D eigenvalue weighted by molar-refractivity contribution is -0.239. The van der Waals surface area contributed by atoms with Crippen LogP contribution in [0.2, 0.25) is 0 Å². The van der Waals surface area contributed by atoms with E-state index in [1.807, 2.05) is 0 Å². The van der Waals surface area contributed by atoms with Gasteiger partial charge in [0.1, 0.15) is 0 Å². The predicted octanol–water partition coefficient (Wildman–Crippen LogP) is 2.42. The lowest BCUT2D eigenvalue weighted by atomic mass is 9.35. The Morgan fingerprint density at radius 3 is 2.47 bits per heavy atom. The molecule has 0 radical (unpaired) electrons. The highest BCUT2D eigenvalue weighted by Crippen LogP contribution is 2.71. The fraction of sp³-hybridized carbons (Fsp3) is 0.800. The van der Waals surface area contributed by atoms with Gasteiger partial charge in [0.25, 0.3) is 0 Å². The van der Waals surface area contributed by atoms with Crippen LogP contribution < -0.4 is 0 Å². The molecule has 0 saturated heterocycles. The molecule has 4 bridgehead atoms. The lowest BCUT2D eigenvalue weighted by Gasteiger charge is -2.68. The smallest absolute Gasteiger partial charge is 0.161 e. The van der Waals surface area contributed by atoms with Crippen molar-refractivity contribution in [3.8, 4) is 0 Å². The summed E-state index contributed by atoms with van der Waals surface area (Å²) in [4.78, 5) is 12.4. The zero-order valence-electron chi connectivity index (χ0n) is 11.1. The van der Waals surface area contributed by atoms with Gasteiger partial charge in [0.15, 0.2) is 5.78 Å². The van der Waals surface area contributed by atoms with Crippen molar-refractivity contribution in [2.45, 2.75) is 40.2 Å². The Bertz CT molecular complexity index is 391. The Kier molecular flexibility index (Phi) is 2.04. The van der Waals surface area contributed by atoms with Gasteiger partial charge >= 0.3 is 0 Å². The average molecular weight is 234 g/mol. The van der Waals surface area contributed by atoms with Crippen molar-refractivity contribution in [1.82, 2.24) is 0 Å². The molecule has 0 aliphatic heterocycles. The van der Waals surface area contributed by atoms with Crippen LogP contribution in [0.1, 0.15) is 34.1 Å². The molecule has 4 rings (SSSR count). The maximum absolute atomic E-state index is 12.4. The van der Waals surface area contributed by atoms with Crippen LogP contribution in [0.3, 0.4) is 0 Å². The zero-order valence-corrected chi connectivity index (χ0v) is 11.1. The first kappa shape index (κ1) is 11.5. The second-order valence-corrected chi connectivity index (χ2v) is 7.16. The summed E-state index contributed by atoms with van der Waals surface area (Å²) in [6.07, 6.45) is 4.42. The van der Waals surface area contributed by atoms with Crippen LogP contribution in [0, 0.1) is 34.5 Å². The van der Waals surface area contributed by atoms with Crippen molar-refractivity contribution in [3.05, 3.63) is 12.2 Å². The third-order valence-electron chi connectivity index (χ3n) is 5.85. The molecule has 4 aliphatic rings. The minimum Gasteiger partial charge on any atom is -0.393 e. The van der Waals surface area contributed by atoms with Gasteiger partial charge < -0.3 is 5.11 Å². The fourth-order valence-corrected chi connectivity index (χ4v) is 5.17. The van der Waals surface area contributed by atoms with E-state index in [2.05, 4.69) is 33.8 Å². The van der Waals surface area contributed by atoms with E-state index in [1.54, 1.807) is 6.08 Å². The standard InChI is InChI=1S/C15H22O2/c1-8-7-9(16)12-13-11(8)15(12,4)10(17)5-6-14(13,2)3/h5-6,8-9,11-13,16H,7H2,1-4H3/t8-,9+,11-,12+,13-,15+/m0/s1. The number of aliphatic hydroxyl groups is 1. The first-order valence-electron chi connectivity index (χ1n) is 6.72. The van der Waals surface area contributed by atoms with Gasteiger partial charge in [-0.15, -0.1) is 0 Å². The SMILES string of the molecule is C[C@H]1C[C@@H](O)[C@@H]2[C@@H]3[C@H]1[C@@]2(C)C(=O)C=CC3(C)C. The molecule has 0 aromatic carbocycles. The average Bonchev–Trinajstić information content (AvgIpc) is 2.32. The Hall–Kier alpha value is -0.630. The predicted molar refractivity (Wildman–Crippen MR) is 66.3 cm³/mol. The fourth-order valence-electron chi connectivity index (χ4n) is 5.17. The van der Waals surface area contributed by atoms with Crippen molar-refractivity contribution >= 4 is 5.78 Å². The number of aliphatic hydroxyl groups excluding tert-OH is 1. The number of rotatable bonds is 0. The minimum absolute atomic E-state index is 0.0384. The van der Waals surface area contributed by atoms with Crippen molar-refractivity contribution in [2.24, 2.45) is 34.5 Å². The molecule has 2 nitrogen and oxygen atoms in total. The minimum atomic E-state index is -0.300. The molecule has 3 fully saturated rings. The van der Waals surface area contributed by atoms with Gasteiger partial charge in [-0.1, -0.05) is 33.8 Å². The number of fused-ring (bicyclic) bond motifs is 2.